The number of hydrogen-bond donors (Lipinski definition) is 1. The number of amides is 2. The average Bonchev–Trinajstić information content (AvgIpc) is 2.66. The summed E-state index contributed by atoms with van der Waals surface area (Å²) in [7, 11) is 0. The standard InChI is InChI=1S/C23H29ClN2O2/c1-5-21(23(28)25-6-2)26(15-19-9-7-8-10-20(19)24)22(27)14-18-12-11-16(3)17(4)13-18/h7-13,21H,5-6,14-15H2,1-4H3,(H,25,28)/t21-/m0/s1. The van der Waals surface area contributed by atoms with Gasteiger partial charge in [0.1, 0.15) is 6.04 Å². The summed E-state index contributed by atoms with van der Waals surface area (Å²) >= 11 is 6.32. The smallest absolute Gasteiger partial charge is 0.242 e. The SMILES string of the molecule is CCNC(=O)[C@H](CC)N(Cc1ccccc1Cl)C(=O)Cc1ccc(C)c(C)c1. The predicted octanol–water partition coefficient (Wildman–Crippen LogP) is 4.44. The van der Waals surface area contributed by atoms with Crippen LogP contribution in [0.5, 0.6) is 0 Å². The van der Waals surface area contributed by atoms with Crippen molar-refractivity contribution < 1.29 is 9.59 Å². The number of rotatable bonds is 8. The number of carbonyl (C=O) groups is 2. The zero-order valence-corrected chi connectivity index (χ0v) is 17.8. The van der Waals surface area contributed by atoms with E-state index in [9.17, 15) is 9.59 Å². The van der Waals surface area contributed by atoms with Crippen molar-refractivity contribution in [2.75, 3.05) is 6.54 Å². The molecule has 1 atom stereocenters. The lowest BCUT2D eigenvalue weighted by atomic mass is 10.0. The topological polar surface area (TPSA) is 49.4 Å². The van der Waals surface area contributed by atoms with Gasteiger partial charge < -0.3 is 10.2 Å². The third-order valence-electron chi connectivity index (χ3n) is 4.96. The fourth-order valence-electron chi connectivity index (χ4n) is 3.21. The molecule has 0 saturated heterocycles. The molecule has 2 aromatic carbocycles. The number of nitrogens with zero attached hydrogens (tertiary/aromatic N) is 1. The van der Waals surface area contributed by atoms with Crippen molar-refractivity contribution in [1.29, 1.82) is 0 Å². The van der Waals surface area contributed by atoms with Gasteiger partial charge >= 0.3 is 0 Å². The Balaban J connectivity index is 2.32. The molecule has 0 aliphatic carbocycles. The molecule has 2 rings (SSSR count). The average molecular weight is 401 g/mol. The summed E-state index contributed by atoms with van der Waals surface area (Å²) in [6.45, 7) is 8.71. The molecule has 0 spiro atoms. The summed E-state index contributed by atoms with van der Waals surface area (Å²) in [6.07, 6.45) is 0.788. The number of halogens is 1. The van der Waals surface area contributed by atoms with Crippen LogP contribution >= 0.6 is 11.6 Å². The van der Waals surface area contributed by atoms with E-state index >= 15 is 0 Å². The van der Waals surface area contributed by atoms with Gasteiger partial charge in [0.2, 0.25) is 11.8 Å². The van der Waals surface area contributed by atoms with Crippen LogP contribution < -0.4 is 5.32 Å². The van der Waals surface area contributed by atoms with E-state index in [1.165, 1.54) is 5.56 Å². The monoisotopic (exact) mass is 400 g/mol. The van der Waals surface area contributed by atoms with Crippen molar-refractivity contribution >= 4 is 23.4 Å². The van der Waals surface area contributed by atoms with Crippen LogP contribution in [0.2, 0.25) is 5.02 Å². The molecule has 0 fully saturated rings. The quantitative estimate of drug-likeness (QED) is 0.711. The second kappa shape index (κ2) is 10.3. The van der Waals surface area contributed by atoms with Gasteiger partial charge in [0, 0.05) is 18.1 Å². The van der Waals surface area contributed by atoms with Gasteiger partial charge in [-0.2, -0.15) is 0 Å². The Labute approximate surface area is 172 Å². The van der Waals surface area contributed by atoms with Crippen LogP contribution in [-0.2, 0) is 22.6 Å². The second-order valence-electron chi connectivity index (χ2n) is 7.03. The molecular formula is C23H29ClN2O2. The van der Waals surface area contributed by atoms with Crippen molar-refractivity contribution in [2.24, 2.45) is 0 Å². The normalized spacial score (nSPS) is 11.8. The lowest BCUT2D eigenvalue weighted by molar-refractivity contribution is -0.140. The van der Waals surface area contributed by atoms with Gasteiger partial charge in [0.25, 0.3) is 0 Å². The Morgan fingerprint density at radius 3 is 2.39 bits per heavy atom. The minimum absolute atomic E-state index is 0.0822. The number of nitrogens with one attached hydrogen (secondary N) is 1. The lowest BCUT2D eigenvalue weighted by Gasteiger charge is -2.31. The molecule has 2 amide bonds. The van der Waals surface area contributed by atoms with Gasteiger partial charge in [-0.15, -0.1) is 0 Å². The number of aryl methyl sites for hydroxylation is 2. The molecule has 0 aliphatic rings. The van der Waals surface area contributed by atoms with Gasteiger partial charge in [-0.3, -0.25) is 9.59 Å². The number of carbonyl (C=O) groups excluding carboxylic acids is 2. The maximum atomic E-state index is 13.2. The molecule has 0 saturated carbocycles. The highest BCUT2D eigenvalue weighted by Gasteiger charge is 2.28. The van der Waals surface area contributed by atoms with E-state index in [-0.39, 0.29) is 18.2 Å². The van der Waals surface area contributed by atoms with Crippen LogP contribution in [0.1, 0.15) is 42.5 Å². The summed E-state index contributed by atoms with van der Waals surface area (Å²) in [6, 6.07) is 12.9. The summed E-state index contributed by atoms with van der Waals surface area (Å²) in [4.78, 5) is 27.5. The molecule has 150 valence electrons. The number of likely N-dealkylation sites (N-methyl/N-ethyl adjacent to an activating group) is 1. The first-order valence-electron chi connectivity index (χ1n) is 9.74. The van der Waals surface area contributed by atoms with Crippen molar-refractivity contribution in [3.8, 4) is 0 Å². The van der Waals surface area contributed by atoms with E-state index in [4.69, 9.17) is 11.6 Å². The van der Waals surface area contributed by atoms with Gasteiger partial charge in [-0.05, 0) is 55.5 Å². The summed E-state index contributed by atoms with van der Waals surface area (Å²) in [5.74, 6) is -0.216. The minimum Gasteiger partial charge on any atom is -0.355 e. The van der Waals surface area contributed by atoms with E-state index in [0.29, 0.717) is 24.5 Å². The largest absolute Gasteiger partial charge is 0.355 e. The van der Waals surface area contributed by atoms with Crippen LogP contribution in [0.4, 0.5) is 0 Å². The Kier molecular flexibility index (Phi) is 8.06. The van der Waals surface area contributed by atoms with Gasteiger partial charge in [0.15, 0.2) is 0 Å². The number of benzene rings is 2. The summed E-state index contributed by atoms with van der Waals surface area (Å²) in [5, 5.41) is 3.44. The molecule has 5 heteroatoms. The van der Waals surface area contributed by atoms with Crippen molar-refractivity contribution in [1.82, 2.24) is 10.2 Å². The van der Waals surface area contributed by atoms with Crippen LogP contribution in [0, 0.1) is 13.8 Å². The Hall–Kier alpha value is -2.33. The first-order chi connectivity index (χ1) is 13.4. The van der Waals surface area contributed by atoms with Crippen molar-refractivity contribution in [2.45, 2.75) is 53.1 Å². The molecule has 28 heavy (non-hydrogen) atoms. The lowest BCUT2D eigenvalue weighted by Crippen LogP contribution is -2.49. The van der Waals surface area contributed by atoms with Crippen LogP contribution in [0.25, 0.3) is 0 Å². The van der Waals surface area contributed by atoms with Crippen LogP contribution in [-0.4, -0.2) is 29.3 Å². The first-order valence-corrected chi connectivity index (χ1v) is 10.1. The third kappa shape index (κ3) is 5.59. The molecule has 0 aromatic heterocycles. The highest BCUT2D eigenvalue weighted by molar-refractivity contribution is 6.31. The van der Waals surface area contributed by atoms with E-state index < -0.39 is 6.04 Å². The van der Waals surface area contributed by atoms with Gasteiger partial charge in [-0.1, -0.05) is 54.9 Å². The third-order valence-corrected chi connectivity index (χ3v) is 5.33. The van der Waals surface area contributed by atoms with Gasteiger partial charge in [0.05, 0.1) is 6.42 Å². The van der Waals surface area contributed by atoms with E-state index in [0.717, 1.165) is 16.7 Å². The first kappa shape index (κ1) is 22.0. The van der Waals surface area contributed by atoms with Crippen LogP contribution in [0.15, 0.2) is 42.5 Å². The zero-order valence-electron chi connectivity index (χ0n) is 17.1. The van der Waals surface area contributed by atoms with E-state index in [1.807, 2.05) is 64.1 Å². The molecule has 0 aliphatic heterocycles. The van der Waals surface area contributed by atoms with Crippen molar-refractivity contribution in [3.05, 3.63) is 69.7 Å². The molecule has 0 heterocycles. The molecule has 0 radical (unpaired) electrons. The summed E-state index contributed by atoms with van der Waals surface area (Å²) in [5.41, 5.74) is 4.12. The molecular weight excluding hydrogens is 372 g/mol. The maximum Gasteiger partial charge on any atom is 0.242 e. The molecule has 0 unspecified atom stereocenters. The fraction of sp³-hybridized carbons (Fsp3) is 0.391. The molecule has 0 bridgehead atoms. The molecule has 4 nitrogen and oxygen atoms in total. The van der Waals surface area contributed by atoms with Crippen molar-refractivity contribution in [3.63, 3.8) is 0 Å². The fourth-order valence-corrected chi connectivity index (χ4v) is 3.41. The molecule has 2 aromatic rings. The highest BCUT2D eigenvalue weighted by atomic mass is 35.5. The van der Waals surface area contributed by atoms with Crippen LogP contribution in [0.3, 0.4) is 0 Å². The van der Waals surface area contributed by atoms with E-state index in [1.54, 1.807) is 11.0 Å². The Bertz CT molecular complexity index is 835. The summed E-state index contributed by atoms with van der Waals surface area (Å²) < 4.78 is 0. The highest BCUT2D eigenvalue weighted by Crippen LogP contribution is 2.21. The van der Waals surface area contributed by atoms with Gasteiger partial charge in [-0.25, -0.2) is 0 Å². The second-order valence-corrected chi connectivity index (χ2v) is 7.43. The Morgan fingerprint density at radius 1 is 1.07 bits per heavy atom. The van der Waals surface area contributed by atoms with E-state index in [2.05, 4.69) is 5.32 Å². The number of hydrogen-bond acceptors (Lipinski definition) is 2. The maximum absolute atomic E-state index is 13.2. The zero-order chi connectivity index (χ0) is 20.7. The molecule has 1 N–H and O–H groups in total. The predicted molar refractivity (Wildman–Crippen MR) is 114 cm³/mol. The Morgan fingerprint density at radius 2 is 1.79 bits per heavy atom. The minimum atomic E-state index is -0.532.